The number of nitrogens with one attached hydrogen (secondary N) is 3. The van der Waals surface area contributed by atoms with Crippen LogP contribution in [0.15, 0.2) is 77.1 Å². The number of carbonyl (C=O) groups is 1. The van der Waals surface area contributed by atoms with Crippen LogP contribution >= 0.6 is 11.3 Å². The van der Waals surface area contributed by atoms with Gasteiger partial charge >= 0.3 is 0 Å². The number of pyridine rings is 2. The zero-order valence-corrected chi connectivity index (χ0v) is 20.0. The Bertz CT molecular complexity index is 1850. The molecule has 12 heteroatoms. The summed E-state index contributed by atoms with van der Waals surface area (Å²) in [5, 5.41) is 2.79. The van der Waals surface area contributed by atoms with E-state index >= 15 is 0 Å². The average Bonchev–Trinajstić information content (AvgIpc) is 3.33. The van der Waals surface area contributed by atoms with Gasteiger partial charge in [0.15, 0.2) is 0 Å². The fourth-order valence-electron chi connectivity index (χ4n) is 3.91. The fraction of sp³-hybridized carbons (Fsp3) is 0.0417. The van der Waals surface area contributed by atoms with Gasteiger partial charge in [-0.15, -0.1) is 11.3 Å². The molecular weight excluding hydrogens is 500 g/mol. The first kappa shape index (κ1) is 22.1. The molecule has 10 nitrogen and oxygen atoms in total. The van der Waals surface area contributed by atoms with Crippen LogP contribution in [0.1, 0.15) is 15.9 Å². The van der Waals surface area contributed by atoms with Crippen molar-refractivity contribution in [3.05, 3.63) is 88.9 Å². The first-order valence-electron chi connectivity index (χ1n) is 10.7. The van der Waals surface area contributed by atoms with Crippen LogP contribution in [-0.2, 0) is 16.6 Å². The average molecular weight is 517 g/mol. The molecule has 0 aliphatic carbocycles. The van der Waals surface area contributed by atoms with Crippen molar-refractivity contribution in [2.24, 2.45) is 0 Å². The minimum Gasteiger partial charge on any atom is -0.348 e. The van der Waals surface area contributed by atoms with Gasteiger partial charge in [-0.3, -0.25) is 19.3 Å². The molecule has 36 heavy (non-hydrogen) atoms. The van der Waals surface area contributed by atoms with Gasteiger partial charge in [-0.25, -0.2) is 18.4 Å². The number of carbonyl (C=O) groups excluding carboxylic acids is 1. The third-order valence-corrected chi connectivity index (χ3v) is 8.21. The quantitative estimate of drug-likeness (QED) is 0.286. The van der Waals surface area contributed by atoms with Crippen LogP contribution in [0.25, 0.3) is 31.9 Å². The van der Waals surface area contributed by atoms with Crippen LogP contribution in [0, 0.1) is 0 Å². The maximum Gasteiger partial charge on any atom is 0.272 e. The van der Waals surface area contributed by atoms with Crippen molar-refractivity contribution < 1.29 is 13.2 Å². The van der Waals surface area contributed by atoms with Crippen LogP contribution in [0.2, 0.25) is 0 Å². The lowest BCUT2D eigenvalue weighted by atomic mass is 10.1. The maximum absolute atomic E-state index is 13.1. The number of sulfonamides is 1. The molecule has 3 N–H and O–H groups in total. The van der Waals surface area contributed by atoms with E-state index in [1.807, 2.05) is 12.1 Å². The van der Waals surface area contributed by atoms with Crippen molar-refractivity contribution in [1.29, 1.82) is 0 Å². The lowest BCUT2D eigenvalue weighted by Crippen LogP contribution is -2.24. The van der Waals surface area contributed by atoms with Crippen LogP contribution in [0.4, 0.5) is 5.69 Å². The predicted octanol–water partition coefficient (Wildman–Crippen LogP) is 3.15. The lowest BCUT2D eigenvalue weighted by Gasteiger charge is -2.11. The highest BCUT2D eigenvalue weighted by Gasteiger charge is 2.20. The van der Waals surface area contributed by atoms with E-state index in [2.05, 4.69) is 30.0 Å². The van der Waals surface area contributed by atoms with Crippen LogP contribution < -0.4 is 15.6 Å². The predicted molar refractivity (Wildman–Crippen MR) is 135 cm³/mol. The van der Waals surface area contributed by atoms with Gasteiger partial charge in [0.2, 0.25) is 0 Å². The van der Waals surface area contributed by atoms with E-state index in [4.69, 9.17) is 0 Å². The smallest absolute Gasteiger partial charge is 0.272 e. The zero-order chi connectivity index (χ0) is 24.9. The van der Waals surface area contributed by atoms with E-state index in [0.29, 0.717) is 16.8 Å². The molecule has 0 spiro atoms. The molecule has 0 saturated heterocycles. The van der Waals surface area contributed by atoms with Gasteiger partial charge in [0.25, 0.3) is 21.5 Å². The Balaban J connectivity index is 1.58. The molecule has 0 unspecified atom stereocenters. The number of hydrogen-bond donors (Lipinski definition) is 3. The minimum absolute atomic E-state index is 0.147. The highest BCUT2D eigenvalue weighted by atomic mass is 32.2. The molecule has 1 aliphatic heterocycles. The van der Waals surface area contributed by atoms with Crippen molar-refractivity contribution in [2.75, 3.05) is 4.72 Å². The molecule has 5 aromatic rings. The number of hydrogen-bond acceptors (Lipinski definition) is 8. The first-order chi connectivity index (χ1) is 17.4. The van der Waals surface area contributed by atoms with Crippen molar-refractivity contribution in [3.8, 4) is 21.7 Å². The molecule has 1 aromatic carbocycles. The van der Waals surface area contributed by atoms with E-state index in [1.165, 1.54) is 54.2 Å². The molecule has 178 valence electrons. The Morgan fingerprint density at radius 2 is 1.83 bits per heavy atom. The largest absolute Gasteiger partial charge is 0.348 e. The number of thiophene rings is 1. The van der Waals surface area contributed by atoms with Crippen molar-refractivity contribution in [1.82, 2.24) is 25.3 Å². The van der Waals surface area contributed by atoms with Gasteiger partial charge in [0.1, 0.15) is 12.0 Å². The fourth-order valence-corrected chi connectivity index (χ4v) is 6.12. The summed E-state index contributed by atoms with van der Waals surface area (Å²) in [6.07, 6.45) is 6.32. The second-order valence-electron chi connectivity index (χ2n) is 8.08. The zero-order valence-electron chi connectivity index (χ0n) is 18.3. The van der Waals surface area contributed by atoms with Crippen LogP contribution in [0.5, 0.6) is 0 Å². The molecule has 1 aliphatic rings. The normalized spacial score (nSPS) is 14.5. The Hall–Kier alpha value is -4.42. The lowest BCUT2D eigenvalue weighted by molar-refractivity contribution is 0.0950. The van der Waals surface area contributed by atoms with Gasteiger partial charge in [-0.2, -0.15) is 0 Å². The van der Waals surface area contributed by atoms with Crippen molar-refractivity contribution >= 4 is 43.2 Å². The summed E-state index contributed by atoms with van der Waals surface area (Å²) in [6.45, 7) is 0.179. The molecular formula is C24H16N6O4S2. The number of aromatic nitrogens is 4. The summed E-state index contributed by atoms with van der Waals surface area (Å²) in [5.74, 6) is -0.453. The Kier molecular flexibility index (Phi) is 5.12. The van der Waals surface area contributed by atoms with Gasteiger partial charge < -0.3 is 10.3 Å². The number of H-pyrrole nitrogens is 1. The molecule has 0 saturated carbocycles. The Morgan fingerprint density at radius 3 is 2.72 bits per heavy atom. The number of benzene rings is 1. The van der Waals surface area contributed by atoms with Gasteiger partial charge in [0.05, 0.1) is 20.8 Å². The molecule has 5 heterocycles. The van der Waals surface area contributed by atoms with Crippen LogP contribution in [-0.4, -0.2) is 34.3 Å². The van der Waals surface area contributed by atoms with Crippen molar-refractivity contribution in [3.63, 3.8) is 0 Å². The second-order valence-corrected chi connectivity index (χ2v) is 10.8. The number of anilines is 1. The van der Waals surface area contributed by atoms with Crippen molar-refractivity contribution in [2.45, 2.75) is 11.4 Å². The minimum atomic E-state index is -4.15. The molecule has 6 rings (SSSR count). The number of nitrogens with zero attached hydrogens (tertiary/aromatic N) is 3. The number of amides is 1. The number of rotatable bonds is 0. The molecule has 8 bridgehead atoms. The van der Waals surface area contributed by atoms with E-state index in [-0.39, 0.29) is 22.7 Å². The van der Waals surface area contributed by atoms with E-state index in [0.717, 1.165) is 20.7 Å². The summed E-state index contributed by atoms with van der Waals surface area (Å²) in [4.78, 5) is 41.6. The molecule has 1 amide bonds. The monoisotopic (exact) mass is 516 g/mol. The summed E-state index contributed by atoms with van der Waals surface area (Å²) in [5.41, 5.74) is 2.90. The van der Waals surface area contributed by atoms with Gasteiger partial charge in [-0.05, 0) is 42.0 Å². The van der Waals surface area contributed by atoms with E-state index < -0.39 is 21.5 Å². The topological polar surface area (TPSA) is 147 Å². The van der Waals surface area contributed by atoms with Gasteiger partial charge in [0, 0.05) is 46.7 Å². The summed E-state index contributed by atoms with van der Waals surface area (Å²) in [7, 11) is -4.15. The SMILES string of the molecule is O=C1NCc2cncc(c2)-c2ncnc3cc(sc23)-c2c[nH]c(=O)c(c2)NS(=O)(=O)c2cccc1c2. The number of aromatic amines is 1. The second kappa shape index (κ2) is 8.36. The highest BCUT2D eigenvalue weighted by Crippen LogP contribution is 2.37. The Morgan fingerprint density at radius 1 is 0.944 bits per heavy atom. The summed E-state index contributed by atoms with van der Waals surface area (Å²) in [6, 6.07) is 10.8. The molecule has 0 fully saturated rings. The third kappa shape index (κ3) is 3.91. The molecule has 0 atom stereocenters. The van der Waals surface area contributed by atoms with E-state index in [1.54, 1.807) is 12.4 Å². The third-order valence-electron chi connectivity index (χ3n) is 5.67. The van der Waals surface area contributed by atoms with Gasteiger partial charge in [-0.1, -0.05) is 6.07 Å². The number of fused-ring (bicyclic) bond motifs is 9. The van der Waals surface area contributed by atoms with Crippen LogP contribution in [0.3, 0.4) is 0 Å². The molecule has 0 radical (unpaired) electrons. The molecule has 4 aromatic heterocycles. The summed E-state index contributed by atoms with van der Waals surface area (Å²) >= 11 is 1.41. The summed E-state index contributed by atoms with van der Waals surface area (Å²) < 4.78 is 29.3. The Labute approximate surface area is 208 Å². The maximum atomic E-state index is 13.1. The first-order valence-corrected chi connectivity index (χ1v) is 13.0. The standard InChI is InChI=1S/C24H16N6O4S2/c31-23-14-2-1-3-17(5-14)36(33,34)30-19-6-15(11-27-24(19)32)20-7-18-22(35-20)21(29-12-28-18)16-4-13(9-26-23)8-25-10-16/h1-8,10-12,30H,9H2,(H,26,31)(H,27,32). The van der Waals surface area contributed by atoms with E-state index in [9.17, 15) is 18.0 Å². The highest BCUT2D eigenvalue weighted by molar-refractivity contribution is 7.92.